The fourth-order valence-electron chi connectivity index (χ4n) is 2.66. The van der Waals surface area contributed by atoms with E-state index in [0.717, 1.165) is 17.1 Å². The molecule has 0 saturated heterocycles. The highest BCUT2D eigenvalue weighted by Gasteiger charge is 2.23. The summed E-state index contributed by atoms with van der Waals surface area (Å²) in [5.41, 5.74) is 6.51. The van der Waals surface area contributed by atoms with Gasteiger partial charge in [-0.05, 0) is 42.2 Å². The van der Waals surface area contributed by atoms with E-state index in [0.29, 0.717) is 5.75 Å². The highest BCUT2D eigenvalue weighted by Crippen LogP contribution is 2.50. The number of benzene rings is 2. The van der Waals surface area contributed by atoms with Gasteiger partial charge >= 0.3 is 0 Å². The molecule has 0 bridgehead atoms. The van der Waals surface area contributed by atoms with Crippen LogP contribution in [0, 0.1) is 13.8 Å². The minimum Gasteiger partial charge on any atom is -0.504 e. The molecule has 0 aliphatic carbocycles. The molecule has 0 saturated carbocycles. The second-order valence-electron chi connectivity index (χ2n) is 5.56. The first-order valence-corrected chi connectivity index (χ1v) is 9.38. The first kappa shape index (κ1) is 15.6. The average Bonchev–Trinajstić information content (AvgIpc) is 2.71. The first-order chi connectivity index (χ1) is 10.6. The highest BCUT2D eigenvalue weighted by molar-refractivity contribution is 8.15. The maximum atomic E-state index is 10.4. The third kappa shape index (κ3) is 2.95. The molecule has 1 N–H and O–H groups in total. The molecule has 0 atom stereocenters. The standard InChI is InChI=1S/C18H20O2S2/c1-11-7-13-9-21-18(22-10-14(13)8-12(11)2)15-5-4-6-16(20-3)17(15)19/h4-8,18-19H,9-10H2,1-3H3. The number of phenols is 1. The van der Waals surface area contributed by atoms with Crippen molar-refractivity contribution in [1.82, 2.24) is 0 Å². The average molecular weight is 332 g/mol. The summed E-state index contributed by atoms with van der Waals surface area (Å²) >= 11 is 3.75. The van der Waals surface area contributed by atoms with Gasteiger partial charge in [0.05, 0.1) is 11.7 Å². The first-order valence-electron chi connectivity index (χ1n) is 7.28. The van der Waals surface area contributed by atoms with Gasteiger partial charge in [0.15, 0.2) is 11.5 Å². The molecule has 116 valence electrons. The quantitative estimate of drug-likeness (QED) is 0.819. The van der Waals surface area contributed by atoms with E-state index in [1.807, 2.05) is 35.7 Å². The Morgan fingerprint density at radius 2 is 1.64 bits per heavy atom. The summed E-state index contributed by atoms with van der Waals surface area (Å²) in [7, 11) is 1.59. The predicted octanol–water partition coefficient (Wildman–Crippen LogP) is 5.20. The summed E-state index contributed by atoms with van der Waals surface area (Å²) in [6.45, 7) is 4.34. The molecule has 0 aromatic heterocycles. The van der Waals surface area contributed by atoms with E-state index in [2.05, 4.69) is 26.0 Å². The summed E-state index contributed by atoms with van der Waals surface area (Å²) < 4.78 is 5.46. The number of aromatic hydroxyl groups is 1. The monoisotopic (exact) mass is 332 g/mol. The Kier molecular flexibility index (Phi) is 4.59. The molecule has 4 heteroatoms. The largest absolute Gasteiger partial charge is 0.504 e. The van der Waals surface area contributed by atoms with Gasteiger partial charge in [-0.15, -0.1) is 23.5 Å². The number of para-hydroxylation sites is 1. The second-order valence-corrected chi connectivity index (χ2v) is 8.04. The normalized spacial score (nSPS) is 15.2. The Hall–Kier alpha value is -1.26. The maximum absolute atomic E-state index is 10.4. The molecule has 0 fully saturated rings. The van der Waals surface area contributed by atoms with Crippen molar-refractivity contribution in [2.75, 3.05) is 7.11 Å². The van der Waals surface area contributed by atoms with Crippen molar-refractivity contribution in [3.63, 3.8) is 0 Å². The van der Waals surface area contributed by atoms with Crippen molar-refractivity contribution >= 4 is 23.5 Å². The van der Waals surface area contributed by atoms with Gasteiger partial charge in [0.25, 0.3) is 0 Å². The van der Waals surface area contributed by atoms with Crippen LogP contribution in [0.25, 0.3) is 0 Å². The predicted molar refractivity (Wildman–Crippen MR) is 95.9 cm³/mol. The number of methoxy groups -OCH3 is 1. The molecule has 0 spiro atoms. The lowest BCUT2D eigenvalue weighted by Crippen LogP contribution is -1.92. The summed E-state index contributed by atoms with van der Waals surface area (Å²) in [4.78, 5) is 0. The molecule has 2 nitrogen and oxygen atoms in total. The Balaban J connectivity index is 1.89. The SMILES string of the molecule is COc1cccc(C2SCc3cc(C)c(C)cc3CS2)c1O. The van der Waals surface area contributed by atoms with Crippen molar-refractivity contribution in [2.45, 2.75) is 29.9 Å². The van der Waals surface area contributed by atoms with Crippen LogP contribution in [-0.4, -0.2) is 12.2 Å². The van der Waals surface area contributed by atoms with Gasteiger partial charge in [-0.1, -0.05) is 24.3 Å². The zero-order valence-electron chi connectivity index (χ0n) is 13.1. The minimum atomic E-state index is 0.225. The van der Waals surface area contributed by atoms with Gasteiger partial charge in [-0.25, -0.2) is 0 Å². The number of fused-ring (bicyclic) bond motifs is 1. The maximum Gasteiger partial charge on any atom is 0.162 e. The molecule has 1 aliphatic rings. The van der Waals surface area contributed by atoms with Crippen molar-refractivity contribution in [2.24, 2.45) is 0 Å². The third-order valence-electron chi connectivity index (χ3n) is 4.10. The summed E-state index contributed by atoms with van der Waals surface area (Å²) in [5, 5.41) is 10.4. The molecule has 22 heavy (non-hydrogen) atoms. The molecular weight excluding hydrogens is 312 g/mol. The van der Waals surface area contributed by atoms with E-state index in [1.165, 1.54) is 22.3 Å². The summed E-state index contributed by atoms with van der Waals surface area (Å²) in [6, 6.07) is 10.4. The molecule has 2 aromatic carbocycles. The Bertz CT molecular complexity index is 665. The zero-order valence-corrected chi connectivity index (χ0v) is 14.7. The number of ether oxygens (including phenoxy) is 1. The third-order valence-corrected chi connectivity index (χ3v) is 6.99. The van der Waals surface area contributed by atoms with Crippen LogP contribution in [0.4, 0.5) is 0 Å². The van der Waals surface area contributed by atoms with Crippen LogP contribution < -0.4 is 4.74 Å². The van der Waals surface area contributed by atoms with Crippen molar-refractivity contribution in [3.05, 3.63) is 58.1 Å². The van der Waals surface area contributed by atoms with Gasteiger partial charge in [0.2, 0.25) is 0 Å². The van der Waals surface area contributed by atoms with Crippen molar-refractivity contribution in [3.8, 4) is 11.5 Å². The van der Waals surface area contributed by atoms with Gasteiger partial charge in [-0.3, -0.25) is 0 Å². The summed E-state index contributed by atoms with van der Waals surface area (Å²) in [5.74, 6) is 2.77. The molecule has 1 heterocycles. The fraction of sp³-hybridized carbons (Fsp3) is 0.333. The highest BCUT2D eigenvalue weighted by atomic mass is 32.2. The van der Waals surface area contributed by atoms with E-state index in [-0.39, 0.29) is 10.3 Å². The van der Waals surface area contributed by atoms with Gasteiger partial charge in [-0.2, -0.15) is 0 Å². The van der Waals surface area contributed by atoms with Crippen molar-refractivity contribution in [1.29, 1.82) is 0 Å². The Morgan fingerprint density at radius 3 is 2.18 bits per heavy atom. The van der Waals surface area contributed by atoms with Crippen LogP contribution in [0.1, 0.15) is 32.4 Å². The lowest BCUT2D eigenvalue weighted by molar-refractivity contribution is 0.371. The number of hydrogen-bond donors (Lipinski definition) is 1. The molecule has 0 unspecified atom stereocenters. The van der Waals surface area contributed by atoms with Crippen LogP contribution in [0.15, 0.2) is 30.3 Å². The Morgan fingerprint density at radius 1 is 1.05 bits per heavy atom. The van der Waals surface area contributed by atoms with Crippen LogP contribution in [-0.2, 0) is 11.5 Å². The van der Waals surface area contributed by atoms with Gasteiger partial charge < -0.3 is 9.84 Å². The second kappa shape index (κ2) is 6.47. The van der Waals surface area contributed by atoms with Crippen LogP contribution in [0.5, 0.6) is 11.5 Å². The smallest absolute Gasteiger partial charge is 0.162 e. The lowest BCUT2D eigenvalue weighted by Gasteiger charge is -2.16. The lowest BCUT2D eigenvalue weighted by atomic mass is 10.0. The Labute approximate surface area is 140 Å². The minimum absolute atomic E-state index is 0.225. The topological polar surface area (TPSA) is 29.5 Å². The van der Waals surface area contributed by atoms with Crippen LogP contribution >= 0.6 is 23.5 Å². The zero-order chi connectivity index (χ0) is 15.7. The molecule has 0 radical (unpaired) electrons. The molecule has 0 amide bonds. The number of aryl methyl sites for hydroxylation is 2. The van der Waals surface area contributed by atoms with E-state index < -0.39 is 0 Å². The van der Waals surface area contributed by atoms with Gasteiger partial charge in [0, 0.05) is 17.1 Å². The number of rotatable bonds is 2. The molecule has 2 aromatic rings. The summed E-state index contributed by atoms with van der Waals surface area (Å²) in [6.07, 6.45) is 0. The van der Waals surface area contributed by atoms with Crippen molar-refractivity contribution < 1.29 is 9.84 Å². The van der Waals surface area contributed by atoms with E-state index >= 15 is 0 Å². The van der Waals surface area contributed by atoms with E-state index in [9.17, 15) is 5.11 Å². The van der Waals surface area contributed by atoms with Gasteiger partial charge in [0.1, 0.15) is 0 Å². The fourth-order valence-corrected chi connectivity index (χ4v) is 5.39. The van der Waals surface area contributed by atoms with E-state index in [1.54, 1.807) is 13.2 Å². The van der Waals surface area contributed by atoms with Crippen LogP contribution in [0.3, 0.4) is 0 Å². The number of phenolic OH excluding ortho intramolecular Hbond substituents is 1. The van der Waals surface area contributed by atoms with E-state index in [4.69, 9.17) is 4.74 Å². The molecule has 1 aliphatic heterocycles. The molecular formula is C18H20O2S2. The molecule has 3 rings (SSSR count). The van der Waals surface area contributed by atoms with Crippen LogP contribution in [0.2, 0.25) is 0 Å². The number of thioether (sulfide) groups is 2. The number of hydrogen-bond acceptors (Lipinski definition) is 4.